The van der Waals surface area contributed by atoms with Crippen molar-refractivity contribution in [1.82, 2.24) is 14.8 Å². The number of benzene rings is 1. The minimum absolute atomic E-state index is 0.0103. The fraction of sp³-hybridized carbons (Fsp3) is 0.294. The summed E-state index contributed by atoms with van der Waals surface area (Å²) in [4.78, 5) is 4.55. The normalized spacial score (nSPS) is 11.6. The SMILES string of the molecule is Cc1ccc(-c2cc(C(F)F)c3c(C)nn(C)c3n2)cc1C. The predicted octanol–water partition coefficient (Wildman–Crippen LogP) is 4.50. The average Bonchev–Trinajstić information content (AvgIpc) is 2.76. The molecule has 0 aliphatic rings. The van der Waals surface area contributed by atoms with Crippen molar-refractivity contribution < 1.29 is 8.78 Å². The molecule has 0 amide bonds. The van der Waals surface area contributed by atoms with Gasteiger partial charge in [-0.15, -0.1) is 0 Å². The molecule has 0 fully saturated rings. The van der Waals surface area contributed by atoms with Crippen LogP contribution in [0, 0.1) is 20.8 Å². The molecule has 2 heterocycles. The molecular weight excluding hydrogens is 284 g/mol. The van der Waals surface area contributed by atoms with Gasteiger partial charge in [-0.2, -0.15) is 5.10 Å². The molecule has 0 saturated heterocycles. The molecule has 3 nitrogen and oxygen atoms in total. The fourth-order valence-corrected chi connectivity index (χ4v) is 2.70. The van der Waals surface area contributed by atoms with E-state index in [9.17, 15) is 8.78 Å². The Morgan fingerprint density at radius 2 is 1.77 bits per heavy atom. The zero-order valence-corrected chi connectivity index (χ0v) is 13.0. The van der Waals surface area contributed by atoms with Gasteiger partial charge in [0, 0.05) is 18.2 Å². The van der Waals surface area contributed by atoms with E-state index in [1.807, 2.05) is 32.0 Å². The highest BCUT2D eigenvalue weighted by molar-refractivity contribution is 5.85. The Morgan fingerprint density at radius 3 is 2.41 bits per heavy atom. The molecule has 0 spiro atoms. The number of aryl methyl sites for hydroxylation is 4. The third-order valence-corrected chi connectivity index (χ3v) is 4.04. The summed E-state index contributed by atoms with van der Waals surface area (Å²) in [5.74, 6) is 0. The van der Waals surface area contributed by atoms with Crippen LogP contribution >= 0.6 is 0 Å². The number of rotatable bonds is 2. The van der Waals surface area contributed by atoms with E-state index < -0.39 is 6.43 Å². The summed E-state index contributed by atoms with van der Waals surface area (Å²) in [5.41, 5.74) is 4.72. The molecule has 0 radical (unpaired) electrons. The highest BCUT2D eigenvalue weighted by atomic mass is 19.3. The number of pyridine rings is 1. The monoisotopic (exact) mass is 301 g/mol. The maximum atomic E-state index is 13.5. The highest BCUT2D eigenvalue weighted by Crippen LogP contribution is 2.33. The van der Waals surface area contributed by atoms with Crippen molar-refractivity contribution in [3.63, 3.8) is 0 Å². The predicted molar refractivity (Wildman–Crippen MR) is 83.1 cm³/mol. The van der Waals surface area contributed by atoms with Crippen molar-refractivity contribution in [2.45, 2.75) is 27.2 Å². The van der Waals surface area contributed by atoms with Crippen molar-refractivity contribution >= 4 is 11.0 Å². The first-order chi connectivity index (χ1) is 10.4. The molecule has 3 rings (SSSR count). The number of halogens is 2. The molecule has 5 heteroatoms. The Labute approximate surface area is 127 Å². The van der Waals surface area contributed by atoms with Crippen LogP contribution in [-0.4, -0.2) is 14.8 Å². The first-order valence-electron chi connectivity index (χ1n) is 7.08. The Hall–Kier alpha value is -2.30. The molecule has 3 aromatic rings. The van der Waals surface area contributed by atoms with Crippen LogP contribution in [0.2, 0.25) is 0 Å². The molecule has 114 valence electrons. The number of hydrogen-bond donors (Lipinski definition) is 0. The van der Waals surface area contributed by atoms with E-state index in [4.69, 9.17) is 0 Å². The molecule has 22 heavy (non-hydrogen) atoms. The van der Waals surface area contributed by atoms with E-state index in [1.54, 1.807) is 18.7 Å². The summed E-state index contributed by atoms with van der Waals surface area (Å²) in [7, 11) is 1.72. The topological polar surface area (TPSA) is 30.7 Å². The third-order valence-electron chi connectivity index (χ3n) is 4.04. The minimum atomic E-state index is -2.56. The minimum Gasteiger partial charge on any atom is -0.250 e. The smallest absolute Gasteiger partial charge is 0.250 e. The number of fused-ring (bicyclic) bond motifs is 1. The summed E-state index contributed by atoms with van der Waals surface area (Å²) < 4.78 is 28.5. The number of aromatic nitrogens is 3. The quantitative estimate of drug-likeness (QED) is 0.698. The van der Waals surface area contributed by atoms with Gasteiger partial charge >= 0.3 is 0 Å². The van der Waals surface area contributed by atoms with Gasteiger partial charge in [0.05, 0.1) is 16.8 Å². The fourth-order valence-electron chi connectivity index (χ4n) is 2.70. The zero-order valence-electron chi connectivity index (χ0n) is 13.0. The van der Waals surface area contributed by atoms with Gasteiger partial charge in [-0.05, 0) is 44.0 Å². The lowest BCUT2D eigenvalue weighted by Gasteiger charge is -2.09. The second kappa shape index (κ2) is 5.16. The van der Waals surface area contributed by atoms with Gasteiger partial charge < -0.3 is 0 Å². The second-order valence-electron chi connectivity index (χ2n) is 5.60. The average molecular weight is 301 g/mol. The lowest BCUT2D eigenvalue weighted by atomic mass is 10.0. The van der Waals surface area contributed by atoms with Gasteiger partial charge in [0.15, 0.2) is 5.65 Å². The van der Waals surface area contributed by atoms with Crippen LogP contribution in [0.5, 0.6) is 0 Å². The number of hydrogen-bond acceptors (Lipinski definition) is 2. The largest absolute Gasteiger partial charge is 0.264 e. The van der Waals surface area contributed by atoms with Crippen LogP contribution in [0.25, 0.3) is 22.3 Å². The summed E-state index contributed by atoms with van der Waals surface area (Å²) >= 11 is 0. The van der Waals surface area contributed by atoms with Crippen molar-refractivity contribution in [3.05, 3.63) is 46.6 Å². The molecule has 0 aliphatic heterocycles. The molecule has 0 N–H and O–H groups in total. The molecular formula is C17H17F2N3. The Balaban J connectivity index is 2.31. The lowest BCUT2D eigenvalue weighted by Crippen LogP contribution is -1.97. The Bertz CT molecular complexity index is 866. The third kappa shape index (κ3) is 2.26. The second-order valence-corrected chi connectivity index (χ2v) is 5.60. The van der Waals surface area contributed by atoms with E-state index in [-0.39, 0.29) is 5.56 Å². The highest BCUT2D eigenvalue weighted by Gasteiger charge is 2.20. The van der Waals surface area contributed by atoms with Crippen molar-refractivity contribution in [2.24, 2.45) is 7.05 Å². The Kier molecular flexibility index (Phi) is 3.43. The Morgan fingerprint density at radius 1 is 1.05 bits per heavy atom. The van der Waals surface area contributed by atoms with E-state index in [2.05, 4.69) is 10.1 Å². The molecule has 0 bridgehead atoms. The van der Waals surface area contributed by atoms with Crippen LogP contribution < -0.4 is 0 Å². The van der Waals surface area contributed by atoms with E-state index >= 15 is 0 Å². The zero-order chi connectivity index (χ0) is 16.0. The molecule has 0 aliphatic carbocycles. The standard InChI is InChI=1S/C17H17F2N3/c1-9-5-6-12(7-10(9)2)14-8-13(16(18)19)15-11(3)21-22(4)17(15)20-14/h5-8,16H,1-4H3. The first kappa shape index (κ1) is 14.6. The van der Waals surface area contributed by atoms with Crippen LogP contribution in [0.1, 0.15) is 28.8 Å². The first-order valence-corrected chi connectivity index (χ1v) is 7.08. The lowest BCUT2D eigenvalue weighted by molar-refractivity contribution is 0.153. The summed E-state index contributed by atoms with van der Waals surface area (Å²) in [6.07, 6.45) is -2.56. The van der Waals surface area contributed by atoms with Gasteiger partial charge in [0.25, 0.3) is 6.43 Å². The summed E-state index contributed by atoms with van der Waals surface area (Å²) in [6, 6.07) is 7.34. The summed E-state index contributed by atoms with van der Waals surface area (Å²) in [6.45, 7) is 5.75. The number of alkyl halides is 2. The van der Waals surface area contributed by atoms with Gasteiger partial charge in [-0.3, -0.25) is 4.68 Å². The van der Waals surface area contributed by atoms with Crippen LogP contribution in [-0.2, 0) is 7.05 Å². The van der Waals surface area contributed by atoms with E-state index in [0.717, 1.165) is 16.7 Å². The molecule has 2 aromatic heterocycles. The van der Waals surface area contributed by atoms with E-state index in [1.165, 1.54) is 6.07 Å². The van der Waals surface area contributed by atoms with Gasteiger partial charge in [0.2, 0.25) is 0 Å². The summed E-state index contributed by atoms with van der Waals surface area (Å²) in [5, 5.41) is 4.67. The maximum Gasteiger partial charge on any atom is 0.264 e. The maximum absolute atomic E-state index is 13.5. The van der Waals surface area contributed by atoms with Gasteiger partial charge in [-0.1, -0.05) is 12.1 Å². The van der Waals surface area contributed by atoms with Crippen molar-refractivity contribution in [2.75, 3.05) is 0 Å². The van der Waals surface area contributed by atoms with Gasteiger partial charge in [0.1, 0.15) is 0 Å². The van der Waals surface area contributed by atoms with E-state index in [0.29, 0.717) is 22.4 Å². The number of nitrogens with zero attached hydrogens (tertiary/aromatic N) is 3. The van der Waals surface area contributed by atoms with Crippen molar-refractivity contribution in [3.8, 4) is 11.3 Å². The van der Waals surface area contributed by atoms with Gasteiger partial charge in [-0.25, -0.2) is 13.8 Å². The molecule has 0 atom stereocenters. The molecule has 0 saturated carbocycles. The molecule has 0 unspecified atom stereocenters. The van der Waals surface area contributed by atoms with Crippen LogP contribution in [0.4, 0.5) is 8.78 Å². The van der Waals surface area contributed by atoms with Crippen LogP contribution in [0.15, 0.2) is 24.3 Å². The van der Waals surface area contributed by atoms with Crippen LogP contribution in [0.3, 0.4) is 0 Å². The van der Waals surface area contributed by atoms with Crippen molar-refractivity contribution in [1.29, 1.82) is 0 Å². The molecule has 1 aromatic carbocycles.